The van der Waals surface area contributed by atoms with Gasteiger partial charge in [0.25, 0.3) is 5.91 Å². The summed E-state index contributed by atoms with van der Waals surface area (Å²) in [6.45, 7) is 0.614. The second kappa shape index (κ2) is 7.05. The fraction of sp³-hybridized carbons (Fsp3) is 0.150. The van der Waals surface area contributed by atoms with E-state index >= 15 is 0 Å². The number of para-hydroxylation sites is 1. The first-order valence-corrected chi connectivity index (χ1v) is 8.64. The zero-order valence-electron chi connectivity index (χ0n) is 14.4. The van der Waals surface area contributed by atoms with Crippen molar-refractivity contribution in [3.05, 3.63) is 66.4 Å². The van der Waals surface area contributed by atoms with Crippen LogP contribution in [0.4, 0.5) is 11.4 Å². The molecule has 136 valence electrons. The fourth-order valence-electron chi connectivity index (χ4n) is 3.43. The summed E-state index contributed by atoms with van der Waals surface area (Å²) in [5.74, 6) is -0.626. The molecule has 1 aliphatic heterocycles. The van der Waals surface area contributed by atoms with Gasteiger partial charge in [-0.05, 0) is 42.8 Å². The summed E-state index contributed by atoms with van der Waals surface area (Å²) in [5.41, 5.74) is 4.35. The number of anilines is 2. The third kappa shape index (κ3) is 3.09. The van der Waals surface area contributed by atoms with Gasteiger partial charge in [-0.25, -0.2) is 5.48 Å². The highest BCUT2D eigenvalue weighted by Gasteiger charge is 2.32. The van der Waals surface area contributed by atoms with E-state index < -0.39 is 5.91 Å². The van der Waals surface area contributed by atoms with Gasteiger partial charge in [0.1, 0.15) is 6.04 Å². The molecule has 27 heavy (non-hydrogen) atoms. The molecule has 3 N–H and O–H groups in total. The minimum absolute atomic E-state index is 0.0416. The van der Waals surface area contributed by atoms with Crippen molar-refractivity contribution in [3.63, 3.8) is 0 Å². The Morgan fingerprint density at radius 3 is 2.63 bits per heavy atom. The fourth-order valence-corrected chi connectivity index (χ4v) is 3.43. The molecule has 2 amide bonds. The molecule has 7 heteroatoms. The van der Waals surface area contributed by atoms with Crippen LogP contribution in [0.3, 0.4) is 0 Å². The van der Waals surface area contributed by atoms with Gasteiger partial charge >= 0.3 is 0 Å². The number of carbonyl (C=O) groups excluding carboxylic acids is 2. The van der Waals surface area contributed by atoms with Crippen LogP contribution >= 0.6 is 0 Å². The number of rotatable bonds is 4. The molecule has 0 spiro atoms. The third-order valence-electron chi connectivity index (χ3n) is 4.71. The molecule has 4 rings (SSSR count). The van der Waals surface area contributed by atoms with Crippen molar-refractivity contribution >= 4 is 34.1 Å². The predicted octanol–water partition coefficient (Wildman–Crippen LogP) is 2.38. The average molecular weight is 362 g/mol. The van der Waals surface area contributed by atoms with E-state index in [-0.39, 0.29) is 11.9 Å². The van der Waals surface area contributed by atoms with Crippen LogP contribution in [0.1, 0.15) is 16.8 Å². The predicted molar refractivity (Wildman–Crippen MR) is 101 cm³/mol. The van der Waals surface area contributed by atoms with Crippen molar-refractivity contribution in [2.45, 2.75) is 12.5 Å². The van der Waals surface area contributed by atoms with Crippen molar-refractivity contribution in [1.82, 2.24) is 15.8 Å². The molecule has 2 aromatic carbocycles. The largest absolute Gasteiger partial charge is 0.354 e. The molecule has 7 nitrogen and oxygen atoms in total. The first-order chi connectivity index (χ1) is 13.2. The maximum atomic E-state index is 12.4. The van der Waals surface area contributed by atoms with Gasteiger partial charge in [0.05, 0.1) is 11.2 Å². The molecule has 3 aromatic rings. The maximum absolute atomic E-state index is 12.4. The number of hydrogen-bond donors (Lipinski definition) is 3. The molecule has 1 unspecified atom stereocenters. The first kappa shape index (κ1) is 17.0. The number of benzene rings is 2. The number of carbonyl (C=O) groups is 2. The zero-order chi connectivity index (χ0) is 18.8. The van der Waals surface area contributed by atoms with Crippen molar-refractivity contribution in [2.75, 3.05) is 11.4 Å². The summed E-state index contributed by atoms with van der Waals surface area (Å²) < 4.78 is 0. The van der Waals surface area contributed by atoms with E-state index in [1.807, 2.05) is 35.2 Å². The molecular formula is C20H18N4O3. The number of nitrogens with zero attached hydrogens (tertiary/aromatic N) is 2. The minimum atomic E-state index is -0.585. The van der Waals surface area contributed by atoms with E-state index in [2.05, 4.69) is 10.3 Å². The number of aromatic nitrogens is 1. The second-order valence-electron chi connectivity index (χ2n) is 6.31. The topological polar surface area (TPSA) is 94.6 Å². The lowest BCUT2D eigenvalue weighted by Gasteiger charge is -2.30. The highest BCUT2D eigenvalue weighted by molar-refractivity contribution is 5.98. The van der Waals surface area contributed by atoms with E-state index in [0.717, 1.165) is 22.3 Å². The minimum Gasteiger partial charge on any atom is -0.354 e. The summed E-state index contributed by atoms with van der Waals surface area (Å²) in [6.07, 6.45) is 2.40. The molecule has 0 radical (unpaired) electrons. The van der Waals surface area contributed by atoms with Crippen molar-refractivity contribution in [1.29, 1.82) is 0 Å². The lowest BCUT2D eigenvalue weighted by Crippen LogP contribution is -2.37. The molecule has 1 atom stereocenters. The van der Waals surface area contributed by atoms with E-state index in [9.17, 15) is 9.59 Å². The van der Waals surface area contributed by atoms with E-state index in [1.54, 1.807) is 35.9 Å². The molecular weight excluding hydrogens is 344 g/mol. The number of hydroxylamine groups is 1. The molecule has 1 aromatic heterocycles. The number of nitrogens with one attached hydrogen (secondary N) is 2. The van der Waals surface area contributed by atoms with Gasteiger partial charge in [0, 0.05) is 29.4 Å². The Balaban J connectivity index is 1.85. The van der Waals surface area contributed by atoms with Gasteiger partial charge in [0.15, 0.2) is 0 Å². The van der Waals surface area contributed by atoms with Crippen molar-refractivity contribution in [2.24, 2.45) is 0 Å². The van der Waals surface area contributed by atoms with E-state index in [1.165, 1.54) is 0 Å². The van der Waals surface area contributed by atoms with E-state index in [4.69, 9.17) is 5.21 Å². The van der Waals surface area contributed by atoms with Crippen LogP contribution in [0.2, 0.25) is 0 Å². The Morgan fingerprint density at radius 1 is 1.15 bits per heavy atom. The van der Waals surface area contributed by atoms with Crippen LogP contribution in [-0.2, 0) is 4.79 Å². The van der Waals surface area contributed by atoms with Crippen LogP contribution in [0.5, 0.6) is 0 Å². The van der Waals surface area contributed by atoms with Crippen LogP contribution in [0.15, 0.2) is 60.8 Å². The van der Waals surface area contributed by atoms with Crippen molar-refractivity contribution < 1.29 is 14.8 Å². The smallest absolute Gasteiger partial charge is 0.274 e. The maximum Gasteiger partial charge on any atom is 0.274 e. The lowest BCUT2D eigenvalue weighted by molar-refractivity contribution is -0.120. The molecule has 1 fully saturated rings. The van der Waals surface area contributed by atoms with Crippen LogP contribution < -0.4 is 15.7 Å². The van der Waals surface area contributed by atoms with E-state index in [0.29, 0.717) is 18.5 Å². The van der Waals surface area contributed by atoms with Crippen LogP contribution in [-0.4, -0.2) is 34.6 Å². The normalized spacial score (nSPS) is 16.2. The second-order valence-corrected chi connectivity index (χ2v) is 6.31. The summed E-state index contributed by atoms with van der Waals surface area (Å²) in [6, 6.07) is 16.1. The van der Waals surface area contributed by atoms with Gasteiger partial charge in [-0.3, -0.25) is 19.8 Å². The first-order valence-electron chi connectivity index (χ1n) is 8.64. The number of hydrogen-bond acceptors (Lipinski definition) is 5. The van der Waals surface area contributed by atoms with Crippen molar-refractivity contribution in [3.8, 4) is 0 Å². The number of fused-ring (bicyclic) bond motifs is 1. The zero-order valence-corrected chi connectivity index (χ0v) is 14.4. The average Bonchev–Trinajstić information content (AvgIpc) is 3.14. The summed E-state index contributed by atoms with van der Waals surface area (Å²) in [4.78, 5) is 30.5. The van der Waals surface area contributed by atoms with Gasteiger partial charge in [-0.2, -0.15) is 0 Å². The molecule has 2 heterocycles. The highest BCUT2D eigenvalue weighted by atomic mass is 16.5. The number of pyridine rings is 1. The third-order valence-corrected chi connectivity index (χ3v) is 4.71. The quantitative estimate of drug-likeness (QED) is 0.489. The van der Waals surface area contributed by atoms with Gasteiger partial charge in [-0.1, -0.05) is 18.2 Å². The molecule has 0 aliphatic carbocycles. The van der Waals surface area contributed by atoms with Gasteiger partial charge in [0.2, 0.25) is 5.91 Å². The number of amides is 2. The summed E-state index contributed by atoms with van der Waals surface area (Å²) >= 11 is 0. The standard InChI is InChI=1S/C20H18N4O3/c25-19(23-27)14-6-8-15(9-7-14)24(17-10-12-22-20(17)26)16-5-1-3-13-4-2-11-21-18(13)16/h1-9,11,17,27H,10,12H2,(H,22,26)(H,23,25). The molecule has 1 aliphatic rings. The van der Waals surface area contributed by atoms with Crippen LogP contribution in [0.25, 0.3) is 10.9 Å². The highest BCUT2D eigenvalue weighted by Crippen LogP contribution is 2.34. The lowest BCUT2D eigenvalue weighted by atomic mass is 10.1. The van der Waals surface area contributed by atoms with Crippen LogP contribution in [0, 0.1) is 0 Å². The Hall–Kier alpha value is -3.45. The SMILES string of the molecule is O=C(NO)c1ccc(N(c2cccc3cccnc23)C2CCNC2=O)cc1. The molecule has 0 saturated carbocycles. The van der Waals surface area contributed by atoms with Gasteiger partial charge < -0.3 is 10.2 Å². The summed E-state index contributed by atoms with van der Waals surface area (Å²) in [7, 11) is 0. The molecule has 1 saturated heterocycles. The Labute approximate surface area is 155 Å². The molecule has 0 bridgehead atoms. The monoisotopic (exact) mass is 362 g/mol. The Morgan fingerprint density at radius 2 is 1.93 bits per heavy atom. The Kier molecular flexibility index (Phi) is 4.43. The van der Waals surface area contributed by atoms with Gasteiger partial charge in [-0.15, -0.1) is 0 Å². The summed E-state index contributed by atoms with van der Waals surface area (Å²) in [5, 5.41) is 12.7. The Bertz CT molecular complexity index is 998.